The summed E-state index contributed by atoms with van der Waals surface area (Å²) in [6, 6.07) is 0. The quantitative estimate of drug-likeness (QED) is 0.452. The molecule has 2 aromatic rings. The van der Waals surface area contributed by atoms with Crippen LogP contribution in [0.5, 0.6) is 0 Å². The average molecular weight is 225 g/mol. The predicted molar refractivity (Wildman–Crippen MR) is 44.3 cm³/mol. The number of anilines is 1. The van der Waals surface area contributed by atoms with Crippen LogP contribution in [0.3, 0.4) is 0 Å². The number of H-pyrrole nitrogens is 2. The summed E-state index contributed by atoms with van der Waals surface area (Å²) < 4.78 is 0.584. The van der Waals surface area contributed by atoms with Gasteiger partial charge in [-0.2, -0.15) is 0 Å². The van der Waals surface area contributed by atoms with Gasteiger partial charge in [0, 0.05) is 0 Å². The van der Waals surface area contributed by atoms with Gasteiger partial charge in [0.25, 0.3) is 0 Å². The first kappa shape index (κ1) is 7.36. The molecule has 2 rings (SSSR count). The molecule has 2 heterocycles. The number of nitrogens with one attached hydrogen (secondary N) is 2. The second-order valence-electron chi connectivity index (χ2n) is 2.21. The maximum absolute atomic E-state index is 11.2. The zero-order valence-electron chi connectivity index (χ0n) is 5.83. The first-order chi connectivity index (χ1) is 5.66. The molecule has 0 saturated carbocycles. The molecule has 7 heteroatoms. The van der Waals surface area contributed by atoms with Gasteiger partial charge in [-0.1, -0.05) is 0 Å². The van der Waals surface area contributed by atoms with Gasteiger partial charge in [0.05, 0.1) is 0 Å². The van der Waals surface area contributed by atoms with Crippen LogP contribution in [-0.4, -0.2) is 36.8 Å². The Labute approximate surface area is 75.1 Å². The molecular weight excluding hydrogens is 221 g/mol. The van der Waals surface area contributed by atoms with E-state index in [0.29, 0.717) is 15.8 Å². The first-order valence-electron chi connectivity index (χ1n) is 3.11. The Morgan fingerprint density at radius 2 is 2.08 bits per heavy atom. The number of fused-ring (bicyclic) bond motifs is 1. The molecule has 0 aliphatic heterocycles. The number of hydrogen-bond donors (Lipinski definition) is 3. The van der Waals surface area contributed by atoms with Crippen LogP contribution in [0.1, 0.15) is 0 Å². The van der Waals surface area contributed by atoms with Gasteiger partial charge >= 0.3 is 74.6 Å². The second-order valence-corrected chi connectivity index (χ2v) is 3.10. The SMILES string of the molecule is Nc1nc2nc([As])[nH]c2c(=O)[nH]1. The molecule has 0 atom stereocenters. The van der Waals surface area contributed by atoms with E-state index >= 15 is 0 Å². The molecule has 12 heavy (non-hydrogen) atoms. The first-order valence-corrected chi connectivity index (χ1v) is 4.05. The van der Waals surface area contributed by atoms with Crippen molar-refractivity contribution in [3.05, 3.63) is 10.4 Å². The number of rotatable bonds is 0. The summed E-state index contributed by atoms with van der Waals surface area (Å²) >= 11 is 2.19. The summed E-state index contributed by atoms with van der Waals surface area (Å²) in [4.78, 5) is 24.0. The number of nitrogens with zero attached hydrogens (tertiary/aromatic N) is 2. The molecular formula is C5H4AsN5O. The maximum atomic E-state index is 11.2. The Bertz CT molecular complexity index is 486. The van der Waals surface area contributed by atoms with E-state index in [1.807, 2.05) is 0 Å². The Morgan fingerprint density at radius 1 is 1.33 bits per heavy atom. The van der Waals surface area contributed by atoms with Crippen molar-refractivity contribution >= 4 is 38.6 Å². The number of imidazole rings is 1. The standard InChI is InChI=1S/C5H4AsN5O/c6-4-8-1-2(9-4)10-5(7)11-3(1)12/h(H4,7,8,9,10,11,12). The van der Waals surface area contributed by atoms with E-state index in [9.17, 15) is 4.79 Å². The Balaban J connectivity index is 2.98. The molecule has 0 bridgehead atoms. The van der Waals surface area contributed by atoms with Crippen molar-refractivity contribution in [3.8, 4) is 0 Å². The fourth-order valence-corrected chi connectivity index (χ4v) is 1.35. The van der Waals surface area contributed by atoms with Gasteiger partial charge in [-0.3, -0.25) is 0 Å². The minimum atomic E-state index is -0.303. The molecule has 2 aromatic heterocycles. The van der Waals surface area contributed by atoms with Crippen molar-refractivity contribution in [1.82, 2.24) is 19.9 Å². The van der Waals surface area contributed by atoms with Crippen LogP contribution in [0.2, 0.25) is 0 Å². The molecule has 0 unspecified atom stereocenters. The molecule has 0 aliphatic rings. The summed E-state index contributed by atoms with van der Waals surface area (Å²) in [5.41, 5.74) is 5.69. The number of nitrogens with two attached hydrogens (primary N) is 1. The third-order valence-corrected chi connectivity index (χ3v) is 1.81. The summed E-state index contributed by atoms with van der Waals surface area (Å²) in [5, 5.41) is 0. The van der Waals surface area contributed by atoms with Crippen molar-refractivity contribution in [1.29, 1.82) is 0 Å². The van der Waals surface area contributed by atoms with E-state index in [4.69, 9.17) is 5.73 Å². The van der Waals surface area contributed by atoms with Crippen molar-refractivity contribution in [2.75, 3.05) is 5.73 Å². The molecule has 0 spiro atoms. The Morgan fingerprint density at radius 3 is 2.83 bits per heavy atom. The molecule has 0 saturated heterocycles. The van der Waals surface area contributed by atoms with Crippen molar-refractivity contribution in [3.63, 3.8) is 0 Å². The van der Waals surface area contributed by atoms with Crippen LogP contribution >= 0.6 is 0 Å². The van der Waals surface area contributed by atoms with Gasteiger partial charge < -0.3 is 0 Å². The van der Waals surface area contributed by atoms with Gasteiger partial charge in [0.1, 0.15) is 0 Å². The van der Waals surface area contributed by atoms with Crippen LogP contribution in [-0.2, 0) is 0 Å². The van der Waals surface area contributed by atoms with Crippen molar-refractivity contribution in [2.24, 2.45) is 0 Å². The molecule has 60 valence electrons. The van der Waals surface area contributed by atoms with Crippen LogP contribution in [0.4, 0.5) is 5.95 Å². The fourth-order valence-electron chi connectivity index (χ4n) is 0.912. The summed E-state index contributed by atoms with van der Waals surface area (Å²) in [6.45, 7) is 0. The van der Waals surface area contributed by atoms with E-state index in [1.54, 1.807) is 0 Å². The van der Waals surface area contributed by atoms with Crippen LogP contribution in [0.15, 0.2) is 4.79 Å². The van der Waals surface area contributed by atoms with E-state index in [-0.39, 0.29) is 11.5 Å². The van der Waals surface area contributed by atoms with Gasteiger partial charge in [0.15, 0.2) is 0 Å². The van der Waals surface area contributed by atoms with Gasteiger partial charge in [-0.15, -0.1) is 0 Å². The van der Waals surface area contributed by atoms with Crippen LogP contribution in [0, 0.1) is 0 Å². The molecule has 0 amide bonds. The monoisotopic (exact) mass is 225 g/mol. The van der Waals surface area contributed by atoms with E-state index in [1.165, 1.54) is 0 Å². The Hall–Kier alpha value is -1.29. The zero-order valence-corrected chi connectivity index (χ0v) is 7.70. The molecule has 4 N–H and O–H groups in total. The molecule has 0 fully saturated rings. The van der Waals surface area contributed by atoms with E-state index < -0.39 is 0 Å². The van der Waals surface area contributed by atoms with Crippen molar-refractivity contribution < 1.29 is 0 Å². The normalized spacial score (nSPS) is 10.8. The fraction of sp³-hybridized carbons (Fsp3) is 0. The topological polar surface area (TPSA) is 100 Å². The van der Waals surface area contributed by atoms with Gasteiger partial charge in [-0.05, 0) is 0 Å². The predicted octanol–water partition coefficient (Wildman–Crippen LogP) is -1.98. The molecule has 6 nitrogen and oxygen atoms in total. The molecule has 0 aliphatic carbocycles. The molecule has 0 aromatic carbocycles. The van der Waals surface area contributed by atoms with Gasteiger partial charge in [-0.25, -0.2) is 0 Å². The van der Waals surface area contributed by atoms with Crippen LogP contribution < -0.4 is 15.9 Å². The number of aromatic amines is 2. The minimum absolute atomic E-state index is 0.0755. The average Bonchev–Trinajstić information content (AvgIpc) is 2.29. The third-order valence-electron chi connectivity index (χ3n) is 1.37. The summed E-state index contributed by atoms with van der Waals surface area (Å²) in [6.07, 6.45) is 0. The second kappa shape index (κ2) is 2.35. The van der Waals surface area contributed by atoms with Crippen molar-refractivity contribution in [2.45, 2.75) is 0 Å². The Kier molecular flexibility index (Phi) is 1.44. The number of aromatic nitrogens is 4. The summed E-state index contributed by atoms with van der Waals surface area (Å²) in [7, 11) is 0. The number of nitrogen functional groups attached to an aromatic ring is 1. The van der Waals surface area contributed by atoms with E-state index in [2.05, 4.69) is 36.8 Å². The number of hydrogen-bond acceptors (Lipinski definition) is 4. The van der Waals surface area contributed by atoms with Gasteiger partial charge in [0.2, 0.25) is 0 Å². The summed E-state index contributed by atoms with van der Waals surface area (Å²) in [5.74, 6) is 0.0755. The zero-order chi connectivity index (χ0) is 8.72. The van der Waals surface area contributed by atoms with E-state index in [0.717, 1.165) is 0 Å². The molecule has 2 radical (unpaired) electrons. The van der Waals surface area contributed by atoms with Crippen LogP contribution in [0.25, 0.3) is 11.2 Å². The third kappa shape index (κ3) is 1.00.